The van der Waals surface area contributed by atoms with Gasteiger partial charge >= 0.3 is 6.18 Å². The lowest BCUT2D eigenvalue weighted by Gasteiger charge is -2.36. The second kappa shape index (κ2) is 9.21. The number of nitrogens with one attached hydrogen (secondary N) is 1. The lowest BCUT2D eigenvalue weighted by molar-refractivity contribution is -0.187. The fraction of sp³-hybridized carbons (Fsp3) is 0.400. The minimum absolute atomic E-state index is 0.0517. The summed E-state index contributed by atoms with van der Waals surface area (Å²) in [7, 11) is -3.10. The number of carbonyl (C=O) groups is 1. The van der Waals surface area contributed by atoms with E-state index in [-0.39, 0.29) is 24.1 Å². The third-order valence-corrected chi connectivity index (χ3v) is 6.43. The number of halogens is 5. The Morgan fingerprint density at radius 3 is 2.52 bits per heavy atom. The van der Waals surface area contributed by atoms with E-state index >= 15 is 0 Å². The number of amides is 1. The molecule has 1 aromatic carbocycles. The summed E-state index contributed by atoms with van der Waals surface area (Å²) in [6.07, 6.45) is -4.55. The maximum atomic E-state index is 14.3. The van der Waals surface area contributed by atoms with Crippen molar-refractivity contribution >= 4 is 21.6 Å². The highest BCUT2D eigenvalue weighted by molar-refractivity contribution is 7.89. The Morgan fingerprint density at radius 2 is 1.91 bits per heavy atom. The number of nitrogens with zero attached hydrogens (tertiary/aromatic N) is 1. The molecule has 180 valence electrons. The molecule has 3 rings (SSSR count). The van der Waals surface area contributed by atoms with Gasteiger partial charge in [-0.25, -0.2) is 22.9 Å². The highest BCUT2D eigenvalue weighted by Gasteiger charge is 2.47. The molecule has 0 unspecified atom stereocenters. The van der Waals surface area contributed by atoms with E-state index in [2.05, 4.69) is 10.3 Å². The Bertz CT molecular complexity index is 1160. The number of methoxy groups -OCH3 is 1. The molecule has 0 saturated heterocycles. The van der Waals surface area contributed by atoms with Crippen LogP contribution >= 0.6 is 0 Å². The summed E-state index contributed by atoms with van der Waals surface area (Å²) < 4.78 is 96.1. The molecule has 3 atom stereocenters. The molecular weight excluding hydrogens is 473 g/mol. The maximum absolute atomic E-state index is 14.3. The molecule has 1 aliphatic carbocycles. The van der Waals surface area contributed by atoms with E-state index in [4.69, 9.17) is 9.88 Å². The molecule has 2 aromatic rings. The van der Waals surface area contributed by atoms with E-state index in [1.165, 1.54) is 12.1 Å². The van der Waals surface area contributed by atoms with Crippen LogP contribution in [-0.2, 0) is 14.8 Å². The zero-order valence-electron chi connectivity index (χ0n) is 17.2. The first-order valence-electron chi connectivity index (χ1n) is 9.71. The van der Waals surface area contributed by atoms with Crippen LogP contribution < -0.4 is 15.2 Å². The summed E-state index contributed by atoms with van der Waals surface area (Å²) in [6, 6.07) is 4.20. The van der Waals surface area contributed by atoms with Gasteiger partial charge in [-0.15, -0.1) is 0 Å². The lowest BCUT2D eigenvalue weighted by Crippen LogP contribution is -2.38. The van der Waals surface area contributed by atoms with Crippen LogP contribution in [0.15, 0.2) is 35.5 Å². The van der Waals surface area contributed by atoms with Crippen molar-refractivity contribution in [1.29, 1.82) is 0 Å². The predicted molar refractivity (Wildman–Crippen MR) is 107 cm³/mol. The first-order valence-corrected chi connectivity index (χ1v) is 11.3. The Hall–Kier alpha value is -2.80. The zero-order chi connectivity index (χ0) is 24.6. The van der Waals surface area contributed by atoms with Crippen molar-refractivity contribution in [3.8, 4) is 5.75 Å². The molecule has 13 heteroatoms. The van der Waals surface area contributed by atoms with E-state index in [1.807, 2.05) is 0 Å². The van der Waals surface area contributed by atoms with Crippen molar-refractivity contribution in [2.45, 2.75) is 36.4 Å². The average molecular weight is 493 g/mol. The maximum Gasteiger partial charge on any atom is 0.391 e. The largest absolute Gasteiger partial charge is 0.493 e. The van der Waals surface area contributed by atoms with Gasteiger partial charge in [0.2, 0.25) is 11.7 Å². The van der Waals surface area contributed by atoms with Gasteiger partial charge in [-0.2, -0.15) is 17.6 Å². The SMILES string of the molecule is COc1c([C@@H]2CC[C@H](C(F)(F)F)C[C@H]2C(=O)Nc2ccnc(S(N)(=O)=O)c2)ccc(F)c1F. The Morgan fingerprint density at radius 1 is 1.21 bits per heavy atom. The lowest BCUT2D eigenvalue weighted by atomic mass is 9.70. The van der Waals surface area contributed by atoms with Crippen LogP contribution in [0.1, 0.15) is 30.7 Å². The summed E-state index contributed by atoms with van der Waals surface area (Å²) in [5.41, 5.74) is 0.0151. The van der Waals surface area contributed by atoms with Crippen molar-refractivity contribution in [2.24, 2.45) is 17.0 Å². The van der Waals surface area contributed by atoms with Gasteiger partial charge in [0.15, 0.2) is 16.6 Å². The monoisotopic (exact) mass is 493 g/mol. The van der Waals surface area contributed by atoms with Crippen molar-refractivity contribution in [1.82, 2.24) is 4.98 Å². The molecule has 1 saturated carbocycles. The minimum atomic E-state index is -4.56. The molecule has 7 nitrogen and oxygen atoms in total. The van der Waals surface area contributed by atoms with Gasteiger partial charge in [-0.1, -0.05) is 6.07 Å². The Balaban J connectivity index is 1.98. The first kappa shape index (κ1) is 24.8. The van der Waals surface area contributed by atoms with Crippen LogP contribution in [-0.4, -0.2) is 32.6 Å². The van der Waals surface area contributed by atoms with Gasteiger partial charge in [-0.3, -0.25) is 4.79 Å². The van der Waals surface area contributed by atoms with Crippen LogP contribution in [0.2, 0.25) is 0 Å². The number of hydrogen-bond acceptors (Lipinski definition) is 5. The number of pyridine rings is 1. The molecule has 0 bridgehead atoms. The number of rotatable bonds is 5. The van der Waals surface area contributed by atoms with Crippen LogP contribution in [0.5, 0.6) is 5.75 Å². The number of aromatic nitrogens is 1. The van der Waals surface area contributed by atoms with Crippen LogP contribution in [0, 0.1) is 23.5 Å². The number of alkyl halides is 3. The molecular formula is C20H20F5N3O4S. The second-order valence-electron chi connectivity index (χ2n) is 7.67. The third-order valence-electron chi connectivity index (χ3n) is 5.63. The summed E-state index contributed by atoms with van der Waals surface area (Å²) in [5, 5.41) is 6.85. The molecule has 33 heavy (non-hydrogen) atoms. The third kappa shape index (κ3) is 5.41. The van der Waals surface area contributed by atoms with Crippen molar-refractivity contribution < 1.29 is 39.9 Å². The number of hydrogen-bond donors (Lipinski definition) is 2. The summed E-state index contributed by atoms with van der Waals surface area (Å²) >= 11 is 0. The number of anilines is 1. The molecule has 1 amide bonds. The highest BCUT2D eigenvalue weighted by Crippen LogP contribution is 2.48. The fourth-order valence-electron chi connectivity index (χ4n) is 4.05. The van der Waals surface area contributed by atoms with Crippen molar-refractivity contribution in [3.05, 3.63) is 47.7 Å². The molecule has 0 spiro atoms. The summed E-state index contributed by atoms with van der Waals surface area (Å²) in [6.45, 7) is 0. The number of carbonyl (C=O) groups excluding carboxylic acids is 1. The Labute approximate surface area is 186 Å². The zero-order valence-corrected chi connectivity index (χ0v) is 18.0. The van der Waals surface area contributed by atoms with Gasteiger partial charge in [0.1, 0.15) is 0 Å². The van der Waals surface area contributed by atoms with Gasteiger partial charge in [0.25, 0.3) is 10.0 Å². The first-order chi connectivity index (χ1) is 15.3. The van der Waals surface area contributed by atoms with E-state index in [0.29, 0.717) is 0 Å². The van der Waals surface area contributed by atoms with Gasteiger partial charge in [0, 0.05) is 29.4 Å². The average Bonchev–Trinajstić information content (AvgIpc) is 2.74. The topological polar surface area (TPSA) is 111 Å². The van der Waals surface area contributed by atoms with Gasteiger partial charge in [-0.05, 0) is 37.3 Å². The summed E-state index contributed by atoms with van der Waals surface area (Å²) in [5.74, 6) is -7.83. The Kier molecular flexibility index (Phi) is 6.93. The van der Waals surface area contributed by atoms with Crippen molar-refractivity contribution in [3.63, 3.8) is 0 Å². The van der Waals surface area contributed by atoms with Crippen LogP contribution in [0.3, 0.4) is 0 Å². The molecule has 1 fully saturated rings. The molecule has 0 radical (unpaired) electrons. The fourth-order valence-corrected chi connectivity index (χ4v) is 4.55. The number of nitrogens with two attached hydrogens (primary N) is 1. The van der Waals surface area contributed by atoms with E-state index in [1.54, 1.807) is 0 Å². The van der Waals surface area contributed by atoms with Gasteiger partial charge < -0.3 is 10.1 Å². The molecule has 3 N–H and O–H groups in total. The van der Waals surface area contributed by atoms with Crippen LogP contribution in [0.4, 0.5) is 27.6 Å². The standard InChI is InChI=1S/C20H20F5N3O4S/c1-32-18-13(4-5-15(21)17(18)22)12-3-2-10(20(23,24)25)8-14(12)19(29)28-11-6-7-27-16(9-11)33(26,30)31/h4-7,9-10,12,14H,2-3,8H2,1H3,(H2,26,30,31)(H,27,28,29)/t10-,12-,14+/m0/s1. The molecule has 1 aliphatic rings. The molecule has 0 aliphatic heterocycles. The van der Waals surface area contributed by atoms with E-state index < -0.39 is 68.7 Å². The number of ether oxygens (including phenoxy) is 1. The summed E-state index contributed by atoms with van der Waals surface area (Å²) in [4.78, 5) is 16.6. The smallest absolute Gasteiger partial charge is 0.391 e. The minimum Gasteiger partial charge on any atom is -0.493 e. The van der Waals surface area contributed by atoms with Crippen molar-refractivity contribution in [2.75, 3.05) is 12.4 Å². The number of benzene rings is 1. The van der Waals surface area contributed by atoms with E-state index in [9.17, 15) is 35.2 Å². The second-order valence-corrected chi connectivity index (χ2v) is 9.17. The van der Waals surface area contributed by atoms with Gasteiger partial charge in [0.05, 0.1) is 13.0 Å². The highest BCUT2D eigenvalue weighted by atomic mass is 32.2. The predicted octanol–water partition coefficient (Wildman–Crippen LogP) is 3.72. The number of sulfonamides is 1. The number of primary sulfonamides is 1. The molecule has 1 heterocycles. The van der Waals surface area contributed by atoms with Crippen LogP contribution in [0.25, 0.3) is 0 Å². The van der Waals surface area contributed by atoms with E-state index in [0.717, 1.165) is 25.4 Å². The normalized spacial score (nSPS) is 21.5. The quantitative estimate of drug-likeness (QED) is 0.617. The molecule has 1 aromatic heterocycles.